The van der Waals surface area contributed by atoms with Gasteiger partial charge < -0.3 is 15.0 Å². The van der Waals surface area contributed by atoms with E-state index in [1.807, 2.05) is 0 Å². The zero-order chi connectivity index (χ0) is 12.8. The van der Waals surface area contributed by atoms with Crippen LogP contribution >= 0.6 is 0 Å². The van der Waals surface area contributed by atoms with Crippen molar-refractivity contribution in [2.24, 2.45) is 0 Å². The number of nitrogen functional groups attached to an aromatic ring is 1. The van der Waals surface area contributed by atoms with Crippen molar-refractivity contribution >= 4 is 17.0 Å². The van der Waals surface area contributed by atoms with Crippen LogP contribution in [0.15, 0.2) is 18.2 Å². The van der Waals surface area contributed by atoms with E-state index in [0.717, 1.165) is 37.0 Å². The van der Waals surface area contributed by atoms with Crippen molar-refractivity contribution in [1.29, 1.82) is 0 Å². The Morgan fingerprint density at radius 1 is 1.50 bits per heavy atom. The Morgan fingerprint density at radius 2 is 2.33 bits per heavy atom. The summed E-state index contributed by atoms with van der Waals surface area (Å²) in [5.41, 5.74) is 9.20. The summed E-state index contributed by atoms with van der Waals surface area (Å²) in [5.74, 6) is 0.576. The number of rotatable bonds is 2. The molecule has 4 nitrogen and oxygen atoms in total. The number of imidazole rings is 1. The minimum atomic E-state index is -0.105. The minimum Gasteiger partial charge on any atom is -0.373 e. The smallest absolute Gasteiger partial charge is 0.201 e. The lowest BCUT2D eigenvalue weighted by molar-refractivity contribution is 0.00750. The maximum Gasteiger partial charge on any atom is 0.201 e. The third-order valence-electron chi connectivity index (χ3n) is 3.73. The van der Waals surface area contributed by atoms with Gasteiger partial charge in [0.05, 0.1) is 23.2 Å². The molecule has 1 aromatic carbocycles. The molecular weight excluding hydrogens is 226 g/mol. The summed E-state index contributed by atoms with van der Waals surface area (Å²) in [5, 5.41) is 0. The molecule has 0 radical (unpaired) electrons. The molecule has 1 atom stereocenters. The second-order valence-electron chi connectivity index (χ2n) is 5.45. The van der Waals surface area contributed by atoms with Gasteiger partial charge in [-0.25, -0.2) is 4.98 Å². The molecule has 1 aromatic heterocycles. The predicted octanol–water partition coefficient (Wildman–Crippen LogP) is 2.50. The summed E-state index contributed by atoms with van der Waals surface area (Å²) >= 11 is 0. The van der Waals surface area contributed by atoms with Crippen molar-refractivity contribution in [3.05, 3.63) is 23.8 Å². The van der Waals surface area contributed by atoms with Crippen LogP contribution in [0.4, 0.5) is 5.95 Å². The zero-order valence-corrected chi connectivity index (χ0v) is 10.9. The Morgan fingerprint density at radius 3 is 3.06 bits per heavy atom. The molecule has 2 heterocycles. The molecule has 0 aliphatic carbocycles. The van der Waals surface area contributed by atoms with Gasteiger partial charge in [0, 0.05) is 6.61 Å². The Balaban J connectivity index is 2.03. The van der Waals surface area contributed by atoms with Gasteiger partial charge in [-0.3, -0.25) is 0 Å². The van der Waals surface area contributed by atoms with E-state index >= 15 is 0 Å². The number of aryl methyl sites for hydroxylation is 1. The number of ether oxygens (including phenoxy) is 1. The summed E-state index contributed by atoms with van der Waals surface area (Å²) in [4.78, 5) is 4.43. The highest BCUT2D eigenvalue weighted by Crippen LogP contribution is 2.30. The van der Waals surface area contributed by atoms with Gasteiger partial charge in [-0.15, -0.1) is 0 Å². The highest BCUT2D eigenvalue weighted by molar-refractivity contribution is 5.79. The van der Waals surface area contributed by atoms with Crippen LogP contribution in [0.2, 0.25) is 0 Å². The topological polar surface area (TPSA) is 53.1 Å². The fourth-order valence-electron chi connectivity index (χ4n) is 2.72. The molecule has 18 heavy (non-hydrogen) atoms. The van der Waals surface area contributed by atoms with Crippen LogP contribution in [0.25, 0.3) is 11.0 Å². The van der Waals surface area contributed by atoms with Gasteiger partial charge in [0.25, 0.3) is 0 Å². The molecule has 2 aromatic rings. The first kappa shape index (κ1) is 11.5. The van der Waals surface area contributed by atoms with E-state index in [1.54, 1.807) is 0 Å². The second kappa shape index (κ2) is 3.99. The molecule has 2 N–H and O–H groups in total. The quantitative estimate of drug-likeness (QED) is 0.884. The molecule has 0 bridgehead atoms. The molecule has 1 aliphatic rings. The van der Waals surface area contributed by atoms with Crippen LogP contribution in [0.1, 0.15) is 25.3 Å². The summed E-state index contributed by atoms with van der Waals surface area (Å²) in [7, 11) is 0. The van der Waals surface area contributed by atoms with Crippen LogP contribution in [0.5, 0.6) is 0 Å². The van der Waals surface area contributed by atoms with E-state index < -0.39 is 0 Å². The summed E-state index contributed by atoms with van der Waals surface area (Å²) in [6, 6.07) is 6.25. The van der Waals surface area contributed by atoms with E-state index in [9.17, 15) is 0 Å². The molecule has 1 aliphatic heterocycles. The number of hydrogen-bond donors (Lipinski definition) is 1. The summed E-state index contributed by atoms with van der Waals surface area (Å²) in [6.07, 6.45) is 2.21. The average Bonchev–Trinajstić information content (AvgIpc) is 2.85. The second-order valence-corrected chi connectivity index (χ2v) is 5.45. The number of hydrogen-bond acceptors (Lipinski definition) is 3. The third-order valence-corrected chi connectivity index (χ3v) is 3.73. The van der Waals surface area contributed by atoms with Gasteiger partial charge in [-0.2, -0.15) is 0 Å². The average molecular weight is 245 g/mol. The van der Waals surface area contributed by atoms with Crippen molar-refractivity contribution < 1.29 is 4.74 Å². The molecule has 1 fully saturated rings. The number of nitrogens with two attached hydrogens (primary N) is 1. The van der Waals surface area contributed by atoms with Crippen molar-refractivity contribution in [3.8, 4) is 0 Å². The normalized spacial score (nSPS) is 23.9. The monoisotopic (exact) mass is 245 g/mol. The minimum absolute atomic E-state index is 0.105. The van der Waals surface area contributed by atoms with Crippen LogP contribution < -0.4 is 5.73 Å². The van der Waals surface area contributed by atoms with Gasteiger partial charge in [0.1, 0.15) is 0 Å². The first-order chi connectivity index (χ1) is 8.57. The van der Waals surface area contributed by atoms with E-state index in [4.69, 9.17) is 10.5 Å². The lowest BCUT2D eigenvalue weighted by Crippen LogP contribution is -2.30. The first-order valence-electron chi connectivity index (χ1n) is 6.44. The van der Waals surface area contributed by atoms with Gasteiger partial charge in [0.2, 0.25) is 5.95 Å². The molecule has 4 heteroatoms. The van der Waals surface area contributed by atoms with Gasteiger partial charge in [-0.05, 0) is 44.4 Å². The van der Waals surface area contributed by atoms with E-state index in [2.05, 4.69) is 41.6 Å². The molecular formula is C14H19N3O. The predicted molar refractivity (Wildman–Crippen MR) is 72.5 cm³/mol. The molecule has 3 rings (SSSR count). The van der Waals surface area contributed by atoms with Gasteiger partial charge in [-0.1, -0.05) is 6.07 Å². The molecule has 0 spiro atoms. The summed E-state index contributed by atoms with van der Waals surface area (Å²) in [6.45, 7) is 5.84. The molecule has 1 saturated heterocycles. The SMILES string of the molecule is Cc1ccc2c(c1)nc(N)n2CC1(C)CCCO1. The number of aromatic nitrogens is 2. The maximum atomic E-state index is 6.04. The number of fused-ring (bicyclic) bond motifs is 1. The van der Waals surface area contributed by atoms with E-state index in [1.165, 1.54) is 5.56 Å². The number of benzene rings is 1. The summed E-state index contributed by atoms with van der Waals surface area (Å²) < 4.78 is 7.91. The molecule has 96 valence electrons. The lowest BCUT2D eigenvalue weighted by Gasteiger charge is -2.24. The molecule has 1 unspecified atom stereocenters. The fourth-order valence-corrected chi connectivity index (χ4v) is 2.72. The van der Waals surface area contributed by atoms with Crippen LogP contribution in [-0.2, 0) is 11.3 Å². The molecule has 0 amide bonds. The Labute approximate surface area is 107 Å². The Bertz CT molecular complexity index is 582. The van der Waals surface area contributed by atoms with Crippen LogP contribution in [0, 0.1) is 6.92 Å². The first-order valence-corrected chi connectivity index (χ1v) is 6.44. The number of anilines is 1. The van der Waals surface area contributed by atoms with Gasteiger partial charge >= 0.3 is 0 Å². The zero-order valence-electron chi connectivity index (χ0n) is 10.9. The van der Waals surface area contributed by atoms with Crippen molar-refractivity contribution in [2.75, 3.05) is 12.3 Å². The van der Waals surface area contributed by atoms with E-state index in [0.29, 0.717) is 5.95 Å². The van der Waals surface area contributed by atoms with Crippen LogP contribution in [-0.4, -0.2) is 21.8 Å². The highest BCUT2D eigenvalue weighted by atomic mass is 16.5. The van der Waals surface area contributed by atoms with Crippen LogP contribution in [0.3, 0.4) is 0 Å². The maximum absolute atomic E-state index is 6.04. The Hall–Kier alpha value is -1.55. The fraction of sp³-hybridized carbons (Fsp3) is 0.500. The largest absolute Gasteiger partial charge is 0.373 e. The van der Waals surface area contributed by atoms with Gasteiger partial charge in [0.15, 0.2) is 0 Å². The Kier molecular flexibility index (Phi) is 2.55. The standard InChI is InChI=1S/C14H19N3O/c1-10-4-5-12-11(8-10)16-13(15)17(12)9-14(2)6-3-7-18-14/h4-5,8H,3,6-7,9H2,1-2H3,(H2,15,16). The van der Waals surface area contributed by atoms with Crippen molar-refractivity contribution in [3.63, 3.8) is 0 Å². The van der Waals surface area contributed by atoms with Crippen molar-refractivity contribution in [1.82, 2.24) is 9.55 Å². The highest BCUT2D eigenvalue weighted by Gasteiger charge is 2.31. The van der Waals surface area contributed by atoms with Crippen molar-refractivity contribution in [2.45, 2.75) is 38.8 Å². The third kappa shape index (κ3) is 1.86. The lowest BCUT2D eigenvalue weighted by atomic mass is 10.0. The van der Waals surface area contributed by atoms with E-state index in [-0.39, 0.29) is 5.60 Å². The number of nitrogens with zero attached hydrogens (tertiary/aromatic N) is 2. The molecule has 0 saturated carbocycles.